The first kappa shape index (κ1) is 27.8. The van der Waals surface area contributed by atoms with Crippen molar-refractivity contribution in [1.82, 2.24) is 4.98 Å². The van der Waals surface area contributed by atoms with Gasteiger partial charge >= 0.3 is 11.9 Å². The molecule has 2 aromatic carbocycles. The van der Waals surface area contributed by atoms with E-state index in [0.717, 1.165) is 24.2 Å². The first-order valence-corrected chi connectivity index (χ1v) is 13.4. The quantitative estimate of drug-likeness (QED) is 0.117. The second-order valence-electron chi connectivity index (χ2n) is 8.80. The van der Waals surface area contributed by atoms with E-state index in [1.165, 1.54) is 12.0 Å². The zero-order valence-electron chi connectivity index (χ0n) is 22.2. The number of thiazole rings is 1. The molecule has 4 rings (SSSR count). The molecular formula is C29H30N2O7S. The molecule has 1 fully saturated rings. The van der Waals surface area contributed by atoms with Gasteiger partial charge in [0.15, 0.2) is 5.13 Å². The van der Waals surface area contributed by atoms with Crippen molar-refractivity contribution in [1.29, 1.82) is 0 Å². The number of aryl methyl sites for hydroxylation is 1. The van der Waals surface area contributed by atoms with Crippen molar-refractivity contribution < 1.29 is 33.7 Å². The minimum absolute atomic E-state index is 0.0951. The number of esters is 1. The molecule has 1 unspecified atom stereocenters. The number of amides is 1. The number of rotatable bonds is 10. The number of carbonyl (C=O) groups is 3. The van der Waals surface area contributed by atoms with Crippen molar-refractivity contribution in [2.45, 2.75) is 39.7 Å². The third-order valence-corrected chi connectivity index (χ3v) is 7.32. The van der Waals surface area contributed by atoms with Gasteiger partial charge in [-0.1, -0.05) is 48.9 Å². The van der Waals surface area contributed by atoms with E-state index in [2.05, 4.69) is 11.9 Å². The van der Waals surface area contributed by atoms with Gasteiger partial charge in [0.1, 0.15) is 22.1 Å². The van der Waals surface area contributed by atoms with Gasteiger partial charge in [0.25, 0.3) is 5.78 Å². The van der Waals surface area contributed by atoms with Crippen LogP contribution < -0.4 is 14.4 Å². The first-order chi connectivity index (χ1) is 18.8. The number of methoxy groups -OCH3 is 1. The number of hydrogen-bond donors (Lipinski definition) is 1. The summed E-state index contributed by atoms with van der Waals surface area (Å²) in [5, 5.41) is 11.6. The molecule has 1 saturated heterocycles. The van der Waals surface area contributed by atoms with E-state index in [4.69, 9.17) is 14.2 Å². The molecule has 0 bridgehead atoms. The smallest absolute Gasteiger partial charge is 0.350 e. The van der Waals surface area contributed by atoms with Crippen LogP contribution in [0.4, 0.5) is 5.13 Å². The van der Waals surface area contributed by atoms with Crippen LogP contribution in [0, 0.1) is 6.92 Å². The van der Waals surface area contributed by atoms with Crippen LogP contribution in [0.3, 0.4) is 0 Å². The maximum absolute atomic E-state index is 13.5. The molecule has 1 aromatic heterocycles. The number of hydrogen-bond acceptors (Lipinski definition) is 9. The number of anilines is 1. The average Bonchev–Trinajstić information content (AvgIpc) is 3.45. The summed E-state index contributed by atoms with van der Waals surface area (Å²) in [5.74, 6) is -1.50. The summed E-state index contributed by atoms with van der Waals surface area (Å²) in [5.41, 5.74) is 1.17. The van der Waals surface area contributed by atoms with Crippen molar-refractivity contribution in [3.05, 3.63) is 75.8 Å². The molecule has 0 radical (unpaired) electrons. The second kappa shape index (κ2) is 12.1. The van der Waals surface area contributed by atoms with Crippen LogP contribution in [0.1, 0.15) is 59.2 Å². The van der Waals surface area contributed by atoms with E-state index < -0.39 is 23.7 Å². The summed E-state index contributed by atoms with van der Waals surface area (Å²) < 4.78 is 16.2. The maximum Gasteiger partial charge on any atom is 0.350 e. The average molecular weight is 551 g/mol. The summed E-state index contributed by atoms with van der Waals surface area (Å²) in [6.07, 6.45) is 1.85. The highest BCUT2D eigenvalue weighted by molar-refractivity contribution is 7.17. The molecular weight excluding hydrogens is 520 g/mol. The Morgan fingerprint density at radius 1 is 1.08 bits per heavy atom. The highest BCUT2D eigenvalue weighted by atomic mass is 32.1. The number of ether oxygens (including phenoxy) is 3. The maximum atomic E-state index is 13.5. The molecule has 9 nitrogen and oxygen atoms in total. The molecule has 2 heterocycles. The van der Waals surface area contributed by atoms with E-state index in [1.54, 1.807) is 55.5 Å². The topological polar surface area (TPSA) is 115 Å². The van der Waals surface area contributed by atoms with E-state index in [0.29, 0.717) is 41.5 Å². The van der Waals surface area contributed by atoms with Gasteiger partial charge in [0, 0.05) is 5.56 Å². The number of aliphatic hydroxyl groups excluding tert-OH is 1. The lowest BCUT2D eigenvalue weighted by Gasteiger charge is -2.23. The zero-order valence-corrected chi connectivity index (χ0v) is 23.0. The fourth-order valence-electron chi connectivity index (χ4n) is 4.25. The number of nitrogens with zero attached hydrogens (tertiary/aromatic N) is 2. The number of carbonyl (C=O) groups excluding carboxylic acids is 3. The van der Waals surface area contributed by atoms with Crippen molar-refractivity contribution in [2.75, 3.05) is 25.2 Å². The Bertz CT molecular complexity index is 1410. The van der Waals surface area contributed by atoms with Crippen molar-refractivity contribution >= 4 is 39.9 Å². The zero-order chi connectivity index (χ0) is 28.1. The summed E-state index contributed by atoms with van der Waals surface area (Å²) in [4.78, 5) is 45.0. The minimum atomic E-state index is -0.999. The lowest BCUT2D eigenvalue weighted by Crippen LogP contribution is -2.29. The lowest BCUT2D eigenvalue weighted by molar-refractivity contribution is -0.132. The van der Waals surface area contributed by atoms with Gasteiger partial charge < -0.3 is 19.3 Å². The van der Waals surface area contributed by atoms with Crippen LogP contribution in [-0.4, -0.2) is 48.1 Å². The van der Waals surface area contributed by atoms with Crippen LogP contribution in [0.2, 0.25) is 0 Å². The van der Waals surface area contributed by atoms with Crippen LogP contribution >= 0.6 is 11.3 Å². The molecule has 204 valence electrons. The first-order valence-electron chi connectivity index (χ1n) is 12.6. The number of ketones is 1. The Balaban J connectivity index is 1.85. The van der Waals surface area contributed by atoms with Gasteiger partial charge in [0.2, 0.25) is 0 Å². The molecule has 0 spiro atoms. The van der Waals surface area contributed by atoms with Crippen molar-refractivity contribution in [3.8, 4) is 11.5 Å². The predicted octanol–water partition coefficient (Wildman–Crippen LogP) is 5.44. The van der Waals surface area contributed by atoms with Gasteiger partial charge in [-0.15, -0.1) is 0 Å². The molecule has 1 aliphatic heterocycles. The normalized spacial score (nSPS) is 16.4. The minimum Gasteiger partial charge on any atom is -0.507 e. The van der Waals surface area contributed by atoms with E-state index >= 15 is 0 Å². The van der Waals surface area contributed by atoms with Crippen LogP contribution in [0.15, 0.2) is 54.1 Å². The Morgan fingerprint density at radius 2 is 1.82 bits per heavy atom. The van der Waals surface area contributed by atoms with Crippen LogP contribution in [0.5, 0.6) is 11.5 Å². The summed E-state index contributed by atoms with van der Waals surface area (Å²) in [6, 6.07) is 12.7. The molecule has 1 atom stereocenters. The van der Waals surface area contributed by atoms with E-state index in [1.807, 2.05) is 6.92 Å². The molecule has 3 aromatic rings. The number of unbranched alkanes of at least 4 members (excludes halogenated alkanes) is 1. The lowest BCUT2D eigenvalue weighted by atomic mass is 9.95. The van der Waals surface area contributed by atoms with Gasteiger partial charge in [-0.2, -0.15) is 0 Å². The molecule has 39 heavy (non-hydrogen) atoms. The molecule has 10 heteroatoms. The number of Topliss-reactive ketones (excluding diaryl/α,β-unsaturated/α-hetero) is 1. The van der Waals surface area contributed by atoms with Gasteiger partial charge in [-0.25, -0.2) is 9.78 Å². The SMILES string of the molecule is CCCCOc1cccc(C(O)=C2C(=O)C(=O)N(c3nc(C)c(C(=O)OC)s3)C2c2ccc(OCC)cc2)c1. The van der Waals surface area contributed by atoms with Gasteiger partial charge in [0.05, 0.1) is 37.6 Å². The third kappa shape index (κ3) is 5.65. The number of benzene rings is 2. The molecule has 1 amide bonds. The third-order valence-electron chi connectivity index (χ3n) is 6.19. The molecule has 1 N–H and O–H groups in total. The summed E-state index contributed by atoms with van der Waals surface area (Å²) >= 11 is 0.946. The highest BCUT2D eigenvalue weighted by Gasteiger charge is 2.48. The molecule has 1 aliphatic rings. The molecule has 0 aliphatic carbocycles. The standard InChI is InChI=1S/C29H30N2O7S/c1-5-7-15-38-21-10-8-9-19(16-21)24(32)22-23(18-11-13-20(14-12-18)37-6-2)31(27(34)25(22)33)29-30-17(3)26(39-29)28(35)36-4/h8-14,16,23,32H,5-7,15H2,1-4H3. The van der Waals surface area contributed by atoms with Crippen molar-refractivity contribution in [3.63, 3.8) is 0 Å². The fraction of sp³-hybridized carbons (Fsp3) is 0.310. The molecule has 0 saturated carbocycles. The second-order valence-corrected chi connectivity index (χ2v) is 9.78. The van der Waals surface area contributed by atoms with Crippen LogP contribution in [0.25, 0.3) is 5.76 Å². The number of aliphatic hydroxyl groups is 1. The Kier molecular flexibility index (Phi) is 8.65. The number of aromatic nitrogens is 1. The van der Waals surface area contributed by atoms with Gasteiger partial charge in [-0.3, -0.25) is 14.5 Å². The summed E-state index contributed by atoms with van der Waals surface area (Å²) in [6.45, 7) is 6.54. The largest absolute Gasteiger partial charge is 0.507 e. The van der Waals surface area contributed by atoms with E-state index in [-0.39, 0.29) is 21.3 Å². The van der Waals surface area contributed by atoms with Crippen LogP contribution in [-0.2, 0) is 14.3 Å². The Morgan fingerprint density at radius 3 is 2.49 bits per heavy atom. The highest BCUT2D eigenvalue weighted by Crippen LogP contribution is 2.44. The van der Waals surface area contributed by atoms with E-state index in [9.17, 15) is 19.5 Å². The monoisotopic (exact) mass is 550 g/mol. The van der Waals surface area contributed by atoms with Crippen molar-refractivity contribution in [2.24, 2.45) is 0 Å². The Labute approximate surface area is 230 Å². The Hall–Kier alpha value is -4.18. The fourth-order valence-corrected chi connectivity index (χ4v) is 5.26. The van der Waals surface area contributed by atoms with Gasteiger partial charge in [-0.05, 0) is 50.1 Å². The summed E-state index contributed by atoms with van der Waals surface area (Å²) in [7, 11) is 1.26. The predicted molar refractivity (Wildman–Crippen MR) is 147 cm³/mol.